The first kappa shape index (κ1) is 19.0. The van der Waals surface area contributed by atoms with Gasteiger partial charge in [-0.15, -0.1) is 0 Å². The Labute approximate surface area is 148 Å². The highest BCUT2D eigenvalue weighted by Gasteiger charge is 2.19. The number of rotatable bonds is 6. The van der Waals surface area contributed by atoms with Crippen LogP contribution in [0.1, 0.15) is 27.7 Å². The van der Waals surface area contributed by atoms with Crippen molar-refractivity contribution >= 4 is 28.4 Å². The first-order chi connectivity index (χ1) is 11.8. The van der Waals surface area contributed by atoms with E-state index in [-0.39, 0.29) is 18.6 Å². The summed E-state index contributed by atoms with van der Waals surface area (Å²) in [4.78, 5) is 24.0. The lowest BCUT2D eigenvalue weighted by Gasteiger charge is -2.18. The average molecular weight is 345 g/mol. The number of hydrogen-bond donors (Lipinski definition) is 3. The summed E-state index contributed by atoms with van der Waals surface area (Å²) in [7, 11) is 0. The largest absolute Gasteiger partial charge is 0.396 e. The summed E-state index contributed by atoms with van der Waals surface area (Å²) in [6.07, 6.45) is 2.03. The molecule has 0 saturated heterocycles. The number of nitrogens with one attached hydrogen (secondary N) is 2. The second kappa shape index (κ2) is 8.16. The van der Waals surface area contributed by atoms with Crippen molar-refractivity contribution in [2.45, 2.75) is 40.3 Å². The molecule has 2 aromatic rings. The minimum atomic E-state index is -0.710. The lowest BCUT2D eigenvalue weighted by molar-refractivity contribution is -0.136. The minimum Gasteiger partial charge on any atom is -0.396 e. The molecule has 0 aliphatic rings. The predicted octanol–water partition coefficient (Wildman–Crippen LogP) is 2.37. The summed E-state index contributed by atoms with van der Waals surface area (Å²) in [5, 5.41) is 15.3. The van der Waals surface area contributed by atoms with Gasteiger partial charge in [-0.1, -0.05) is 20.8 Å². The van der Waals surface area contributed by atoms with Crippen LogP contribution in [0, 0.1) is 11.8 Å². The van der Waals surface area contributed by atoms with E-state index in [1.54, 1.807) is 19.9 Å². The molecule has 0 fully saturated rings. The zero-order valence-electron chi connectivity index (χ0n) is 15.2. The molecule has 0 saturated carbocycles. The quantitative estimate of drug-likeness (QED) is 0.703. The fourth-order valence-corrected chi connectivity index (χ4v) is 2.59. The third kappa shape index (κ3) is 4.82. The monoisotopic (exact) mass is 345 g/mol. The van der Waals surface area contributed by atoms with Gasteiger partial charge < -0.3 is 20.3 Å². The molecule has 1 aromatic carbocycles. The van der Waals surface area contributed by atoms with E-state index in [2.05, 4.69) is 29.0 Å². The van der Waals surface area contributed by atoms with Crippen LogP contribution >= 0.6 is 0 Å². The topological polar surface area (TPSA) is 83.4 Å². The smallest absolute Gasteiger partial charge is 0.313 e. The molecule has 6 nitrogen and oxygen atoms in total. The lowest BCUT2D eigenvalue weighted by Crippen LogP contribution is -2.43. The van der Waals surface area contributed by atoms with E-state index in [1.165, 1.54) is 0 Å². The summed E-state index contributed by atoms with van der Waals surface area (Å²) in [6, 6.07) is 7.32. The number of carbonyl (C=O) groups excluding carboxylic acids is 2. The average Bonchev–Trinajstić information content (AvgIpc) is 2.95. The molecule has 0 bridgehead atoms. The van der Waals surface area contributed by atoms with Gasteiger partial charge in [0.1, 0.15) is 0 Å². The number of nitrogens with zero attached hydrogens (tertiary/aromatic N) is 1. The summed E-state index contributed by atoms with van der Waals surface area (Å²) >= 11 is 0. The molecule has 0 aliphatic heterocycles. The molecule has 25 heavy (non-hydrogen) atoms. The lowest BCUT2D eigenvalue weighted by atomic mass is 10.1. The second-order valence-electron chi connectivity index (χ2n) is 7.01. The molecule has 2 rings (SSSR count). The van der Waals surface area contributed by atoms with Crippen LogP contribution in [0.4, 0.5) is 5.69 Å². The molecule has 1 heterocycles. The van der Waals surface area contributed by atoms with E-state index in [0.29, 0.717) is 11.6 Å². The van der Waals surface area contributed by atoms with Crippen molar-refractivity contribution in [3.63, 3.8) is 0 Å². The molecule has 0 radical (unpaired) electrons. The fraction of sp³-hybridized carbons (Fsp3) is 0.474. The first-order valence-corrected chi connectivity index (χ1v) is 8.63. The van der Waals surface area contributed by atoms with Gasteiger partial charge in [-0.2, -0.15) is 0 Å². The number of aliphatic hydroxyl groups is 1. The molecule has 136 valence electrons. The Morgan fingerprint density at radius 2 is 1.84 bits per heavy atom. The summed E-state index contributed by atoms with van der Waals surface area (Å²) in [5.74, 6) is -0.987. The van der Waals surface area contributed by atoms with Gasteiger partial charge in [-0.25, -0.2) is 0 Å². The highest BCUT2D eigenvalue weighted by Crippen LogP contribution is 2.21. The second-order valence-corrected chi connectivity index (χ2v) is 7.01. The molecule has 0 aliphatic carbocycles. The van der Waals surface area contributed by atoms with Gasteiger partial charge in [-0.05, 0) is 43.0 Å². The van der Waals surface area contributed by atoms with Gasteiger partial charge in [0, 0.05) is 42.0 Å². The van der Waals surface area contributed by atoms with E-state index >= 15 is 0 Å². The number of fused-ring (bicyclic) bond motifs is 1. The van der Waals surface area contributed by atoms with Crippen molar-refractivity contribution in [3.8, 4) is 0 Å². The van der Waals surface area contributed by atoms with Crippen LogP contribution in [0.25, 0.3) is 10.9 Å². The number of carbonyl (C=O) groups is 2. The number of anilines is 1. The molecule has 3 N–H and O–H groups in total. The number of aromatic nitrogens is 1. The van der Waals surface area contributed by atoms with Crippen LogP contribution in [0.5, 0.6) is 0 Å². The zero-order chi connectivity index (χ0) is 18.6. The summed E-state index contributed by atoms with van der Waals surface area (Å²) in [5.41, 5.74) is 1.68. The van der Waals surface area contributed by atoms with Crippen LogP contribution in [-0.2, 0) is 16.1 Å². The highest BCUT2D eigenvalue weighted by atomic mass is 16.3. The van der Waals surface area contributed by atoms with E-state index in [0.717, 1.165) is 17.4 Å². The molecular weight excluding hydrogens is 318 g/mol. The maximum absolute atomic E-state index is 12.1. The Kier molecular flexibility index (Phi) is 6.20. The van der Waals surface area contributed by atoms with Crippen LogP contribution in [0.3, 0.4) is 0 Å². The third-order valence-corrected chi connectivity index (χ3v) is 4.30. The Morgan fingerprint density at radius 3 is 2.48 bits per heavy atom. The Bertz CT molecular complexity index is 751. The van der Waals surface area contributed by atoms with E-state index in [1.807, 2.05) is 24.4 Å². The molecule has 2 amide bonds. The van der Waals surface area contributed by atoms with E-state index in [4.69, 9.17) is 5.11 Å². The molecule has 1 aromatic heterocycles. The van der Waals surface area contributed by atoms with Crippen molar-refractivity contribution in [2.24, 2.45) is 11.8 Å². The molecule has 2 atom stereocenters. The highest BCUT2D eigenvalue weighted by molar-refractivity contribution is 6.39. The van der Waals surface area contributed by atoms with Gasteiger partial charge in [0.05, 0.1) is 0 Å². The molecule has 0 spiro atoms. The van der Waals surface area contributed by atoms with E-state index in [9.17, 15) is 9.59 Å². The molecular formula is C19H27N3O3. The number of benzene rings is 1. The summed E-state index contributed by atoms with van der Waals surface area (Å²) in [6.45, 7) is 8.77. The SMILES string of the molecule is CC(C)Cn1ccc2cc(NC(=O)C(=O)NC(C)C(C)CO)ccc21. The number of hydrogen-bond acceptors (Lipinski definition) is 3. The van der Waals surface area contributed by atoms with Crippen molar-refractivity contribution in [2.75, 3.05) is 11.9 Å². The van der Waals surface area contributed by atoms with Crippen LogP contribution in [-0.4, -0.2) is 34.1 Å². The van der Waals surface area contributed by atoms with Gasteiger partial charge >= 0.3 is 11.8 Å². The standard InChI is InChI=1S/C19H27N3O3/c1-12(2)10-22-8-7-15-9-16(5-6-17(15)22)21-19(25)18(24)20-14(4)13(3)11-23/h5-9,12-14,23H,10-11H2,1-4H3,(H,20,24)(H,21,25). The van der Waals surface area contributed by atoms with Gasteiger partial charge in [0.15, 0.2) is 0 Å². The maximum atomic E-state index is 12.1. The van der Waals surface area contributed by atoms with Crippen molar-refractivity contribution < 1.29 is 14.7 Å². The maximum Gasteiger partial charge on any atom is 0.313 e. The Balaban J connectivity index is 2.04. The van der Waals surface area contributed by atoms with Gasteiger partial charge in [0.2, 0.25) is 0 Å². The van der Waals surface area contributed by atoms with E-state index < -0.39 is 11.8 Å². The number of aliphatic hydroxyl groups excluding tert-OH is 1. The number of amides is 2. The van der Waals surface area contributed by atoms with Crippen LogP contribution in [0.2, 0.25) is 0 Å². The van der Waals surface area contributed by atoms with Gasteiger partial charge in [0.25, 0.3) is 0 Å². The predicted molar refractivity (Wildman–Crippen MR) is 99.3 cm³/mol. The van der Waals surface area contributed by atoms with Crippen LogP contribution in [0.15, 0.2) is 30.5 Å². The Morgan fingerprint density at radius 1 is 1.12 bits per heavy atom. The van der Waals surface area contributed by atoms with Crippen molar-refractivity contribution in [1.29, 1.82) is 0 Å². The van der Waals surface area contributed by atoms with Gasteiger partial charge in [-0.3, -0.25) is 9.59 Å². The van der Waals surface area contributed by atoms with Crippen molar-refractivity contribution in [3.05, 3.63) is 30.5 Å². The normalized spacial score (nSPS) is 13.7. The van der Waals surface area contributed by atoms with Crippen LogP contribution < -0.4 is 10.6 Å². The fourth-order valence-electron chi connectivity index (χ4n) is 2.59. The minimum absolute atomic E-state index is 0.0485. The molecule has 2 unspecified atom stereocenters. The third-order valence-electron chi connectivity index (χ3n) is 4.30. The summed E-state index contributed by atoms with van der Waals surface area (Å²) < 4.78 is 2.18. The Hall–Kier alpha value is -2.34. The zero-order valence-corrected chi connectivity index (χ0v) is 15.2. The first-order valence-electron chi connectivity index (χ1n) is 8.63. The molecule has 6 heteroatoms. The van der Waals surface area contributed by atoms with Crippen molar-refractivity contribution in [1.82, 2.24) is 9.88 Å².